The summed E-state index contributed by atoms with van der Waals surface area (Å²) in [5.74, 6) is -5.32. The molecule has 0 aromatic carbocycles. The highest BCUT2D eigenvalue weighted by Gasteiger charge is 2.32. The number of hydrogen-bond donors (Lipinski definition) is 10. The number of aliphatic carboxylic acids is 1. The third-order valence-corrected chi connectivity index (χ3v) is 4.59. The Hall–Kier alpha value is -3.11. The van der Waals surface area contributed by atoms with Gasteiger partial charge in [-0.1, -0.05) is 0 Å². The maximum atomic E-state index is 12.7. The van der Waals surface area contributed by atoms with Gasteiger partial charge in [-0.15, -0.1) is 0 Å². The minimum atomic E-state index is -1.63. The molecule has 5 atom stereocenters. The van der Waals surface area contributed by atoms with E-state index < -0.39 is 66.3 Å². The Bertz CT molecular complexity index is 745. The summed E-state index contributed by atoms with van der Waals surface area (Å²) in [4.78, 5) is 63.5. The molecule has 0 heterocycles. The molecular weight excluding hydrogens is 460 g/mol. The monoisotopic (exact) mass is 492 g/mol. The first-order chi connectivity index (χ1) is 15.3. The molecule has 0 aliphatic heterocycles. The van der Waals surface area contributed by atoms with E-state index in [-0.39, 0.29) is 31.1 Å². The van der Waals surface area contributed by atoms with E-state index >= 15 is 0 Å². The lowest BCUT2D eigenvalue weighted by Gasteiger charge is -2.26. The molecule has 16 heteroatoms. The van der Waals surface area contributed by atoms with Crippen molar-refractivity contribution in [3.05, 3.63) is 0 Å². The average Bonchev–Trinajstić information content (AvgIpc) is 2.71. The number of carbonyl (C=O) groups excluding carboxylic acids is 4. The summed E-state index contributed by atoms with van der Waals surface area (Å²) in [7, 11) is 0. The van der Waals surface area contributed by atoms with Gasteiger partial charge in [0.2, 0.25) is 23.6 Å². The quantitative estimate of drug-likeness (QED) is 0.0450. The molecule has 0 bridgehead atoms. The van der Waals surface area contributed by atoms with Gasteiger partial charge in [0.05, 0.1) is 18.6 Å². The lowest BCUT2D eigenvalue weighted by atomic mass is 10.1. The maximum Gasteiger partial charge on any atom is 0.326 e. The van der Waals surface area contributed by atoms with E-state index in [1.165, 1.54) is 6.92 Å². The van der Waals surface area contributed by atoms with Crippen LogP contribution in [-0.4, -0.2) is 88.3 Å². The highest BCUT2D eigenvalue weighted by molar-refractivity contribution is 7.80. The first kappa shape index (κ1) is 29.9. The number of aliphatic hydroxyl groups is 1. The van der Waals surface area contributed by atoms with Gasteiger partial charge in [-0.2, -0.15) is 12.6 Å². The molecule has 0 rings (SSSR count). The van der Waals surface area contributed by atoms with Crippen molar-refractivity contribution in [2.45, 2.75) is 56.5 Å². The molecule has 4 amide bonds. The number of guanidine groups is 1. The van der Waals surface area contributed by atoms with Gasteiger partial charge >= 0.3 is 5.97 Å². The Morgan fingerprint density at radius 1 is 0.970 bits per heavy atom. The summed E-state index contributed by atoms with van der Waals surface area (Å²) in [6.07, 6.45) is -1.90. The van der Waals surface area contributed by atoms with Gasteiger partial charge in [-0.05, 0) is 19.8 Å². The second kappa shape index (κ2) is 14.9. The molecule has 0 spiro atoms. The van der Waals surface area contributed by atoms with Crippen LogP contribution in [0.5, 0.6) is 0 Å². The third kappa shape index (κ3) is 11.9. The standard InChI is InChI=1S/C17H32N8O7S/c1-7(26)12(25-13(28)8(18)6-33)15(30)23-9(3-2-4-22-17(20)21)14(29)24-10(16(31)32)5-11(19)27/h7-10,12,26,33H,2-6,18H2,1H3,(H2,19,27)(H,23,30)(H,24,29)(H,25,28)(H,31,32)(H4,20,21,22). The second-order valence-electron chi connectivity index (χ2n) is 7.10. The Labute approximate surface area is 195 Å². The third-order valence-electron chi connectivity index (χ3n) is 4.19. The van der Waals surface area contributed by atoms with Crippen molar-refractivity contribution < 1.29 is 34.2 Å². The maximum absolute atomic E-state index is 12.7. The number of rotatable bonds is 15. The fourth-order valence-corrected chi connectivity index (χ4v) is 2.62. The van der Waals surface area contributed by atoms with Crippen molar-refractivity contribution in [2.75, 3.05) is 12.3 Å². The van der Waals surface area contributed by atoms with Crippen LogP contribution in [0.3, 0.4) is 0 Å². The largest absolute Gasteiger partial charge is 0.480 e. The van der Waals surface area contributed by atoms with Gasteiger partial charge in [-0.3, -0.25) is 24.2 Å². The fourth-order valence-electron chi connectivity index (χ4n) is 2.46. The number of nitrogens with one attached hydrogen (secondary N) is 3. The van der Waals surface area contributed by atoms with Crippen LogP contribution in [0.2, 0.25) is 0 Å². The highest BCUT2D eigenvalue weighted by Crippen LogP contribution is 2.04. The number of hydrogen-bond acceptors (Lipinski definition) is 9. The van der Waals surface area contributed by atoms with E-state index in [0.717, 1.165) is 0 Å². The lowest BCUT2D eigenvalue weighted by Crippen LogP contribution is -2.60. The molecule has 0 radical (unpaired) electrons. The number of carbonyl (C=O) groups is 5. The number of amides is 4. The van der Waals surface area contributed by atoms with Gasteiger partial charge in [-0.25, -0.2) is 4.79 Å². The molecule has 0 fully saturated rings. The zero-order valence-electron chi connectivity index (χ0n) is 18.1. The first-order valence-corrected chi connectivity index (χ1v) is 10.5. The van der Waals surface area contributed by atoms with E-state index in [1.807, 2.05) is 0 Å². The normalized spacial score (nSPS) is 15.2. The van der Waals surface area contributed by atoms with E-state index in [2.05, 4.69) is 33.6 Å². The van der Waals surface area contributed by atoms with Crippen LogP contribution in [0.1, 0.15) is 26.2 Å². The number of aliphatic imine (C=N–C) groups is 1. The van der Waals surface area contributed by atoms with Crippen molar-refractivity contribution in [3.63, 3.8) is 0 Å². The molecule has 188 valence electrons. The Morgan fingerprint density at radius 2 is 1.55 bits per heavy atom. The zero-order valence-corrected chi connectivity index (χ0v) is 19.0. The van der Waals surface area contributed by atoms with Crippen LogP contribution in [-0.2, 0) is 24.0 Å². The minimum Gasteiger partial charge on any atom is -0.480 e. The molecular formula is C17H32N8O7S. The summed E-state index contributed by atoms with van der Waals surface area (Å²) in [5, 5.41) is 25.8. The SMILES string of the molecule is CC(O)C(NC(=O)C(N)CS)C(=O)NC(CCCN=C(N)N)C(=O)NC(CC(N)=O)C(=O)O. The van der Waals surface area contributed by atoms with Crippen molar-refractivity contribution in [3.8, 4) is 0 Å². The van der Waals surface area contributed by atoms with Gasteiger partial charge in [0.15, 0.2) is 5.96 Å². The van der Waals surface area contributed by atoms with Crippen LogP contribution >= 0.6 is 12.6 Å². The summed E-state index contributed by atoms with van der Waals surface area (Å²) in [6.45, 7) is 1.33. The topological polar surface area (TPSA) is 278 Å². The summed E-state index contributed by atoms with van der Waals surface area (Å²) < 4.78 is 0. The van der Waals surface area contributed by atoms with E-state index in [1.54, 1.807) is 0 Å². The predicted molar refractivity (Wildman–Crippen MR) is 121 cm³/mol. The molecule has 33 heavy (non-hydrogen) atoms. The van der Waals surface area contributed by atoms with Crippen LogP contribution in [0.15, 0.2) is 4.99 Å². The van der Waals surface area contributed by atoms with Gasteiger partial charge in [0.1, 0.15) is 18.1 Å². The molecule has 13 N–H and O–H groups in total. The van der Waals surface area contributed by atoms with Crippen molar-refractivity contribution in [1.82, 2.24) is 16.0 Å². The highest BCUT2D eigenvalue weighted by atomic mass is 32.1. The van der Waals surface area contributed by atoms with E-state index in [4.69, 9.17) is 22.9 Å². The predicted octanol–water partition coefficient (Wildman–Crippen LogP) is -4.91. The van der Waals surface area contributed by atoms with Crippen LogP contribution in [0.25, 0.3) is 0 Å². The molecule has 5 unspecified atom stereocenters. The van der Waals surface area contributed by atoms with E-state index in [9.17, 15) is 34.2 Å². The number of nitrogens with zero attached hydrogens (tertiary/aromatic N) is 1. The first-order valence-electron chi connectivity index (χ1n) is 9.82. The minimum absolute atomic E-state index is 0.0216. The van der Waals surface area contributed by atoms with Crippen LogP contribution in [0, 0.1) is 0 Å². The molecule has 0 aromatic heterocycles. The molecule has 0 saturated heterocycles. The summed E-state index contributed by atoms with van der Waals surface area (Å²) in [5.41, 5.74) is 21.0. The van der Waals surface area contributed by atoms with Gasteiger partial charge in [0.25, 0.3) is 0 Å². The van der Waals surface area contributed by atoms with Crippen molar-refractivity contribution >= 4 is 48.2 Å². The number of aliphatic hydroxyl groups excluding tert-OH is 1. The summed E-state index contributed by atoms with van der Waals surface area (Å²) >= 11 is 3.89. The van der Waals surface area contributed by atoms with Crippen LogP contribution in [0.4, 0.5) is 0 Å². The Morgan fingerprint density at radius 3 is 2.00 bits per heavy atom. The average molecular weight is 493 g/mol. The number of primary amides is 1. The number of carboxylic acid groups (broad SMARTS) is 1. The summed E-state index contributed by atoms with van der Waals surface area (Å²) in [6, 6.07) is -5.48. The smallest absolute Gasteiger partial charge is 0.326 e. The second-order valence-corrected chi connectivity index (χ2v) is 7.46. The van der Waals surface area contributed by atoms with Gasteiger partial charge in [0, 0.05) is 12.3 Å². The Kier molecular flexibility index (Phi) is 13.5. The molecule has 0 saturated carbocycles. The van der Waals surface area contributed by atoms with E-state index in [0.29, 0.717) is 0 Å². The zero-order chi connectivity index (χ0) is 25.7. The van der Waals surface area contributed by atoms with Crippen LogP contribution < -0.4 is 38.9 Å². The van der Waals surface area contributed by atoms with Crippen molar-refractivity contribution in [1.29, 1.82) is 0 Å². The molecule has 0 aliphatic carbocycles. The molecule has 0 aliphatic rings. The number of nitrogens with two attached hydrogens (primary N) is 4. The number of carboxylic acids is 1. The van der Waals surface area contributed by atoms with Crippen molar-refractivity contribution in [2.24, 2.45) is 27.9 Å². The lowest BCUT2D eigenvalue weighted by molar-refractivity contribution is -0.144. The Balaban J connectivity index is 5.55. The fraction of sp³-hybridized carbons (Fsp3) is 0.647. The molecule has 0 aromatic rings. The van der Waals surface area contributed by atoms with Gasteiger partial charge < -0.3 is 49.1 Å². The molecule has 15 nitrogen and oxygen atoms in total. The number of thiol groups is 1.